The van der Waals surface area contributed by atoms with E-state index in [1.54, 1.807) is 11.8 Å². The average Bonchev–Trinajstić information content (AvgIpc) is 1.82. The molecule has 1 unspecified atom stereocenters. The van der Waals surface area contributed by atoms with Gasteiger partial charge in [-0.1, -0.05) is 11.8 Å². The van der Waals surface area contributed by atoms with Gasteiger partial charge in [-0.3, -0.25) is 0 Å². The van der Waals surface area contributed by atoms with Gasteiger partial charge in [-0.2, -0.15) is 0 Å². The number of alkyl halides is 1. The van der Waals surface area contributed by atoms with E-state index < -0.39 is 0 Å². The number of nitrogens with one attached hydrogen (secondary N) is 1. The molecule has 1 N–H and O–H groups in total. The summed E-state index contributed by atoms with van der Waals surface area (Å²) in [6.07, 6.45) is 0. The summed E-state index contributed by atoms with van der Waals surface area (Å²) in [5.74, 6) is 0. The van der Waals surface area contributed by atoms with Crippen molar-refractivity contribution in [3.63, 3.8) is 0 Å². The second kappa shape index (κ2) is 1.95. The van der Waals surface area contributed by atoms with E-state index in [1.807, 2.05) is 0 Å². The molecule has 1 atom stereocenters. The predicted octanol–water partition coefficient (Wildman–Crippen LogP) is 2.25. The van der Waals surface area contributed by atoms with Gasteiger partial charge in [-0.15, -0.1) is 0 Å². The van der Waals surface area contributed by atoms with Crippen LogP contribution in [0.25, 0.3) is 0 Å². The third kappa shape index (κ3) is 1.42. The highest BCUT2D eigenvalue weighted by Crippen LogP contribution is 2.35. The lowest BCUT2D eigenvalue weighted by atomic mass is 10.5. The summed E-state index contributed by atoms with van der Waals surface area (Å²) in [5.41, 5.74) is 1.23. The maximum atomic E-state index is 3.48. The Morgan fingerprint density at radius 3 is 2.62 bits per heavy atom. The zero-order chi connectivity index (χ0) is 6.20. The summed E-state index contributed by atoms with van der Waals surface area (Å²) < 4.78 is 0.0527. The van der Waals surface area contributed by atoms with E-state index in [1.165, 1.54) is 5.70 Å². The first kappa shape index (κ1) is 6.49. The number of allylic oxidation sites excluding steroid dienone is 1. The Morgan fingerprint density at radius 2 is 2.50 bits per heavy atom. The first-order valence-electron chi connectivity index (χ1n) is 2.42. The minimum atomic E-state index is 0.0527. The fraction of sp³-hybridized carbons (Fsp3) is 0.600. The molecule has 0 saturated heterocycles. The molecule has 0 spiro atoms. The van der Waals surface area contributed by atoms with Crippen LogP contribution in [0.2, 0.25) is 0 Å². The molecule has 0 bridgehead atoms. The minimum Gasteiger partial charge on any atom is -0.365 e. The standard InChI is InChI=1S/C5H8BrNS/c1-4-3-8-5(2,6)7-4/h3,7H,1-2H3. The molecule has 3 heteroatoms. The van der Waals surface area contributed by atoms with E-state index in [4.69, 9.17) is 0 Å². The molecule has 0 aliphatic carbocycles. The summed E-state index contributed by atoms with van der Waals surface area (Å²) in [7, 11) is 0. The van der Waals surface area contributed by atoms with E-state index >= 15 is 0 Å². The molecule has 1 heterocycles. The largest absolute Gasteiger partial charge is 0.365 e. The molecule has 0 fully saturated rings. The first-order valence-corrected chi connectivity index (χ1v) is 4.09. The van der Waals surface area contributed by atoms with Crippen molar-refractivity contribution in [2.45, 2.75) is 17.6 Å². The van der Waals surface area contributed by atoms with Gasteiger partial charge in [0.25, 0.3) is 0 Å². The van der Waals surface area contributed by atoms with Crippen molar-refractivity contribution in [1.29, 1.82) is 0 Å². The van der Waals surface area contributed by atoms with Crippen LogP contribution in [0.15, 0.2) is 11.1 Å². The fourth-order valence-corrected chi connectivity index (χ4v) is 1.88. The zero-order valence-corrected chi connectivity index (χ0v) is 7.27. The SMILES string of the molecule is CC1=CSC(C)(Br)N1. The normalized spacial score (nSPS) is 36.6. The molecule has 8 heavy (non-hydrogen) atoms. The lowest BCUT2D eigenvalue weighted by molar-refractivity contribution is 0.783. The van der Waals surface area contributed by atoms with Gasteiger partial charge in [-0.25, -0.2) is 0 Å². The van der Waals surface area contributed by atoms with E-state index in [0.717, 1.165) is 0 Å². The van der Waals surface area contributed by atoms with Gasteiger partial charge in [0.15, 0.2) is 0 Å². The smallest absolute Gasteiger partial charge is 0.140 e. The van der Waals surface area contributed by atoms with Crippen LogP contribution < -0.4 is 5.32 Å². The third-order valence-corrected chi connectivity index (χ3v) is 2.65. The fourth-order valence-electron chi connectivity index (χ4n) is 0.610. The van der Waals surface area contributed by atoms with Crippen molar-refractivity contribution in [2.24, 2.45) is 0 Å². The number of halogens is 1. The van der Waals surface area contributed by atoms with Gasteiger partial charge in [0.2, 0.25) is 0 Å². The molecule has 0 saturated carbocycles. The van der Waals surface area contributed by atoms with Gasteiger partial charge >= 0.3 is 0 Å². The van der Waals surface area contributed by atoms with E-state index in [-0.39, 0.29) is 3.78 Å². The summed E-state index contributed by atoms with van der Waals surface area (Å²) in [5, 5.41) is 5.34. The Bertz CT molecular complexity index is 130. The topological polar surface area (TPSA) is 12.0 Å². The van der Waals surface area contributed by atoms with Crippen LogP contribution in [-0.4, -0.2) is 3.78 Å². The van der Waals surface area contributed by atoms with E-state index in [0.29, 0.717) is 0 Å². The Hall–Kier alpha value is 0.370. The zero-order valence-electron chi connectivity index (χ0n) is 4.86. The van der Waals surface area contributed by atoms with Crippen LogP contribution in [0.4, 0.5) is 0 Å². The van der Waals surface area contributed by atoms with Crippen LogP contribution >= 0.6 is 27.7 Å². The van der Waals surface area contributed by atoms with Crippen LogP contribution in [0.5, 0.6) is 0 Å². The van der Waals surface area contributed by atoms with Crippen molar-refractivity contribution in [3.05, 3.63) is 11.1 Å². The molecule has 0 amide bonds. The summed E-state index contributed by atoms with van der Waals surface area (Å²) in [6.45, 7) is 4.14. The highest BCUT2D eigenvalue weighted by atomic mass is 79.9. The van der Waals surface area contributed by atoms with Gasteiger partial charge < -0.3 is 5.32 Å². The van der Waals surface area contributed by atoms with Crippen molar-refractivity contribution in [3.8, 4) is 0 Å². The summed E-state index contributed by atoms with van der Waals surface area (Å²) in [4.78, 5) is 0. The summed E-state index contributed by atoms with van der Waals surface area (Å²) in [6, 6.07) is 0. The highest BCUT2D eigenvalue weighted by Gasteiger charge is 2.23. The first-order chi connectivity index (χ1) is 3.60. The predicted molar refractivity (Wildman–Crippen MR) is 41.8 cm³/mol. The van der Waals surface area contributed by atoms with Crippen molar-refractivity contribution < 1.29 is 0 Å². The average molecular weight is 194 g/mol. The molecule has 1 aliphatic heterocycles. The van der Waals surface area contributed by atoms with Gasteiger partial charge in [-0.05, 0) is 35.2 Å². The van der Waals surface area contributed by atoms with Crippen molar-refractivity contribution in [2.75, 3.05) is 0 Å². The second-order valence-corrected chi connectivity index (χ2v) is 5.36. The summed E-state index contributed by atoms with van der Waals surface area (Å²) >= 11 is 5.23. The molecule has 0 aromatic rings. The van der Waals surface area contributed by atoms with Crippen molar-refractivity contribution >= 4 is 27.7 Å². The molecular weight excluding hydrogens is 186 g/mol. The highest BCUT2D eigenvalue weighted by molar-refractivity contribution is 9.11. The van der Waals surface area contributed by atoms with Gasteiger partial charge in [0, 0.05) is 5.70 Å². The second-order valence-electron chi connectivity index (χ2n) is 1.96. The van der Waals surface area contributed by atoms with Crippen molar-refractivity contribution in [1.82, 2.24) is 5.32 Å². The minimum absolute atomic E-state index is 0.0527. The van der Waals surface area contributed by atoms with E-state index in [9.17, 15) is 0 Å². The van der Waals surface area contributed by atoms with Gasteiger partial charge in [0.05, 0.1) is 0 Å². The molecular formula is C5H8BrNS. The molecule has 1 rings (SSSR count). The molecule has 0 aromatic heterocycles. The number of thioether (sulfide) groups is 1. The number of hydrogen-bond acceptors (Lipinski definition) is 2. The van der Waals surface area contributed by atoms with Crippen LogP contribution in [0.1, 0.15) is 13.8 Å². The maximum Gasteiger partial charge on any atom is 0.140 e. The van der Waals surface area contributed by atoms with Crippen LogP contribution in [-0.2, 0) is 0 Å². The number of rotatable bonds is 0. The maximum absolute atomic E-state index is 3.48. The Morgan fingerprint density at radius 1 is 1.88 bits per heavy atom. The Kier molecular flexibility index (Phi) is 1.59. The third-order valence-electron chi connectivity index (χ3n) is 0.877. The van der Waals surface area contributed by atoms with Crippen LogP contribution in [0, 0.1) is 0 Å². The van der Waals surface area contributed by atoms with Gasteiger partial charge in [0.1, 0.15) is 3.78 Å². The molecule has 46 valence electrons. The monoisotopic (exact) mass is 193 g/mol. The molecule has 1 nitrogen and oxygen atoms in total. The Balaban J connectivity index is 2.55. The molecule has 1 aliphatic rings. The molecule has 0 aromatic carbocycles. The number of hydrogen-bond donors (Lipinski definition) is 1. The quantitative estimate of drug-likeness (QED) is 0.468. The Labute approximate surface area is 62.0 Å². The van der Waals surface area contributed by atoms with E-state index in [2.05, 4.69) is 40.5 Å². The van der Waals surface area contributed by atoms with Crippen LogP contribution in [0.3, 0.4) is 0 Å². The lowest BCUT2D eigenvalue weighted by Gasteiger charge is -2.15. The lowest BCUT2D eigenvalue weighted by Crippen LogP contribution is -2.25. The molecule has 0 radical (unpaired) electrons.